The molecule has 0 spiro atoms. The fourth-order valence-corrected chi connectivity index (χ4v) is 2.16. The van der Waals surface area contributed by atoms with Crippen LogP contribution in [-0.4, -0.2) is 11.1 Å². The molecule has 0 fully saturated rings. The second-order valence-electron chi connectivity index (χ2n) is 4.76. The van der Waals surface area contributed by atoms with Crippen molar-refractivity contribution in [2.45, 2.75) is 19.9 Å². The molecule has 3 nitrogen and oxygen atoms in total. The summed E-state index contributed by atoms with van der Waals surface area (Å²) in [6.45, 7) is 3.79. The van der Waals surface area contributed by atoms with Crippen molar-refractivity contribution >= 4 is 11.7 Å². The molecule has 2 aromatic rings. The molecular formula is C16H16FNO2. The molecule has 0 saturated heterocycles. The van der Waals surface area contributed by atoms with E-state index in [2.05, 4.69) is 5.32 Å². The Bertz CT molecular complexity index is 640. The predicted octanol–water partition coefficient (Wildman–Crippen LogP) is 3.68. The number of benzene rings is 2. The van der Waals surface area contributed by atoms with E-state index in [4.69, 9.17) is 0 Å². The van der Waals surface area contributed by atoms with Crippen molar-refractivity contribution in [1.82, 2.24) is 0 Å². The van der Waals surface area contributed by atoms with Crippen LogP contribution < -0.4 is 5.32 Å². The Labute approximate surface area is 117 Å². The van der Waals surface area contributed by atoms with Crippen LogP contribution >= 0.6 is 0 Å². The molecule has 0 aliphatic heterocycles. The third kappa shape index (κ3) is 2.96. The largest absolute Gasteiger partial charge is 0.479 e. The summed E-state index contributed by atoms with van der Waals surface area (Å²) in [6, 6.07) is 10.6. The van der Waals surface area contributed by atoms with E-state index >= 15 is 0 Å². The lowest BCUT2D eigenvalue weighted by molar-refractivity contribution is -0.138. The first kappa shape index (κ1) is 14.1. The number of carbonyl (C=O) groups is 1. The van der Waals surface area contributed by atoms with Gasteiger partial charge in [-0.3, -0.25) is 0 Å². The van der Waals surface area contributed by atoms with Crippen molar-refractivity contribution in [2.75, 3.05) is 5.32 Å². The van der Waals surface area contributed by atoms with Gasteiger partial charge in [-0.25, -0.2) is 9.18 Å². The number of rotatable bonds is 4. The van der Waals surface area contributed by atoms with Crippen molar-refractivity contribution in [2.24, 2.45) is 0 Å². The molecule has 0 amide bonds. The fraction of sp³-hybridized carbons (Fsp3) is 0.188. The highest BCUT2D eigenvalue weighted by atomic mass is 19.1. The Hall–Kier alpha value is -2.36. The van der Waals surface area contributed by atoms with Crippen LogP contribution in [0.15, 0.2) is 42.5 Å². The SMILES string of the molecule is Cc1ccc(C(Nc2ccccc2F)C(=O)O)c(C)c1. The minimum absolute atomic E-state index is 0.180. The zero-order valence-electron chi connectivity index (χ0n) is 11.4. The molecule has 2 rings (SSSR count). The lowest BCUT2D eigenvalue weighted by Crippen LogP contribution is -2.22. The third-order valence-corrected chi connectivity index (χ3v) is 3.16. The second kappa shape index (κ2) is 5.74. The molecule has 20 heavy (non-hydrogen) atoms. The second-order valence-corrected chi connectivity index (χ2v) is 4.76. The standard InChI is InChI=1S/C16H16FNO2/c1-10-7-8-12(11(2)9-10)15(16(19)20)18-14-6-4-3-5-13(14)17/h3-9,15,18H,1-2H3,(H,19,20). The maximum absolute atomic E-state index is 13.6. The highest BCUT2D eigenvalue weighted by Gasteiger charge is 2.22. The van der Waals surface area contributed by atoms with Crippen molar-refractivity contribution < 1.29 is 14.3 Å². The van der Waals surface area contributed by atoms with Gasteiger partial charge in [0.15, 0.2) is 6.04 Å². The van der Waals surface area contributed by atoms with Gasteiger partial charge in [0.2, 0.25) is 0 Å². The van der Waals surface area contributed by atoms with Gasteiger partial charge in [0.1, 0.15) is 5.82 Å². The molecule has 0 saturated carbocycles. The van der Waals surface area contributed by atoms with Crippen LogP contribution in [-0.2, 0) is 4.79 Å². The number of aliphatic carboxylic acids is 1. The number of para-hydroxylation sites is 1. The molecule has 4 heteroatoms. The van der Waals surface area contributed by atoms with Crippen LogP contribution in [0.25, 0.3) is 0 Å². The molecule has 2 aromatic carbocycles. The zero-order chi connectivity index (χ0) is 14.7. The Kier molecular flexibility index (Phi) is 4.03. The first-order valence-electron chi connectivity index (χ1n) is 6.30. The fourth-order valence-electron chi connectivity index (χ4n) is 2.16. The predicted molar refractivity (Wildman–Crippen MR) is 76.3 cm³/mol. The van der Waals surface area contributed by atoms with Gasteiger partial charge >= 0.3 is 5.97 Å². The molecule has 0 bridgehead atoms. The average molecular weight is 273 g/mol. The highest BCUT2D eigenvalue weighted by molar-refractivity contribution is 5.80. The maximum atomic E-state index is 13.6. The normalized spacial score (nSPS) is 11.9. The number of hydrogen-bond donors (Lipinski definition) is 2. The number of carboxylic acid groups (broad SMARTS) is 1. The lowest BCUT2D eigenvalue weighted by Gasteiger charge is -2.19. The summed E-state index contributed by atoms with van der Waals surface area (Å²) in [5.41, 5.74) is 2.73. The lowest BCUT2D eigenvalue weighted by atomic mass is 9.99. The van der Waals surface area contributed by atoms with Gasteiger partial charge in [-0.1, -0.05) is 35.9 Å². The van der Waals surface area contributed by atoms with Crippen LogP contribution in [0.3, 0.4) is 0 Å². The monoisotopic (exact) mass is 273 g/mol. The Morgan fingerprint density at radius 3 is 2.50 bits per heavy atom. The van der Waals surface area contributed by atoms with Crippen LogP contribution in [0.1, 0.15) is 22.7 Å². The summed E-state index contributed by atoms with van der Waals surface area (Å²) in [5, 5.41) is 12.1. The molecule has 104 valence electrons. The number of nitrogens with one attached hydrogen (secondary N) is 1. The Morgan fingerprint density at radius 2 is 1.90 bits per heavy atom. The minimum atomic E-state index is -1.04. The van der Waals surface area contributed by atoms with Crippen molar-refractivity contribution in [3.8, 4) is 0 Å². The number of anilines is 1. The van der Waals surface area contributed by atoms with Crippen LogP contribution in [0.5, 0.6) is 0 Å². The number of aryl methyl sites for hydroxylation is 2. The summed E-state index contributed by atoms with van der Waals surface area (Å²) < 4.78 is 13.6. The molecule has 0 radical (unpaired) electrons. The van der Waals surface area contributed by atoms with E-state index in [0.717, 1.165) is 11.1 Å². The van der Waals surface area contributed by atoms with E-state index in [1.807, 2.05) is 26.0 Å². The van der Waals surface area contributed by atoms with Crippen LogP contribution in [0, 0.1) is 19.7 Å². The first-order valence-corrected chi connectivity index (χ1v) is 6.30. The van der Waals surface area contributed by atoms with Gasteiger partial charge in [0.25, 0.3) is 0 Å². The maximum Gasteiger partial charge on any atom is 0.330 e. The smallest absolute Gasteiger partial charge is 0.330 e. The number of hydrogen-bond acceptors (Lipinski definition) is 2. The van der Waals surface area contributed by atoms with E-state index in [1.165, 1.54) is 12.1 Å². The van der Waals surface area contributed by atoms with Gasteiger partial charge in [0, 0.05) is 0 Å². The Morgan fingerprint density at radius 1 is 1.20 bits per heavy atom. The summed E-state index contributed by atoms with van der Waals surface area (Å²) >= 11 is 0. The summed E-state index contributed by atoms with van der Waals surface area (Å²) in [5.74, 6) is -1.51. The van der Waals surface area contributed by atoms with E-state index in [1.54, 1.807) is 18.2 Å². The molecule has 1 unspecified atom stereocenters. The highest BCUT2D eigenvalue weighted by Crippen LogP contribution is 2.25. The van der Waals surface area contributed by atoms with Crippen molar-refractivity contribution in [3.05, 3.63) is 65.0 Å². The summed E-state index contributed by atoms with van der Waals surface area (Å²) in [4.78, 5) is 11.5. The van der Waals surface area contributed by atoms with Gasteiger partial charge in [0.05, 0.1) is 5.69 Å². The van der Waals surface area contributed by atoms with Gasteiger partial charge in [-0.15, -0.1) is 0 Å². The Balaban J connectivity index is 2.37. The zero-order valence-corrected chi connectivity index (χ0v) is 11.4. The van der Waals surface area contributed by atoms with Crippen LogP contribution in [0.4, 0.5) is 10.1 Å². The van der Waals surface area contributed by atoms with Gasteiger partial charge < -0.3 is 10.4 Å². The van der Waals surface area contributed by atoms with Crippen molar-refractivity contribution in [1.29, 1.82) is 0 Å². The molecule has 0 aromatic heterocycles. The number of halogens is 1. The van der Waals surface area contributed by atoms with E-state index in [0.29, 0.717) is 5.56 Å². The minimum Gasteiger partial charge on any atom is -0.479 e. The van der Waals surface area contributed by atoms with Crippen molar-refractivity contribution in [3.63, 3.8) is 0 Å². The summed E-state index contributed by atoms with van der Waals surface area (Å²) in [6.07, 6.45) is 0. The topological polar surface area (TPSA) is 49.3 Å². The van der Waals surface area contributed by atoms with Gasteiger partial charge in [-0.2, -0.15) is 0 Å². The van der Waals surface area contributed by atoms with E-state index < -0.39 is 17.8 Å². The molecule has 0 aliphatic carbocycles. The molecular weight excluding hydrogens is 257 g/mol. The number of carboxylic acids is 1. The molecule has 2 N–H and O–H groups in total. The first-order chi connectivity index (χ1) is 9.49. The van der Waals surface area contributed by atoms with Gasteiger partial charge in [-0.05, 0) is 37.1 Å². The quantitative estimate of drug-likeness (QED) is 0.893. The molecule has 0 aliphatic rings. The summed E-state index contributed by atoms with van der Waals surface area (Å²) in [7, 11) is 0. The molecule has 0 heterocycles. The third-order valence-electron chi connectivity index (χ3n) is 3.16. The average Bonchev–Trinajstić information content (AvgIpc) is 2.38. The van der Waals surface area contributed by atoms with E-state index in [9.17, 15) is 14.3 Å². The molecule has 1 atom stereocenters. The van der Waals surface area contributed by atoms with E-state index in [-0.39, 0.29) is 5.69 Å². The van der Waals surface area contributed by atoms with Crippen LogP contribution in [0.2, 0.25) is 0 Å².